The molecule has 0 radical (unpaired) electrons. The van der Waals surface area contributed by atoms with Crippen LogP contribution < -0.4 is 5.32 Å². The van der Waals surface area contributed by atoms with Gasteiger partial charge in [-0.2, -0.15) is 0 Å². The third kappa shape index (κ3) is 3.89. The van der Waals surface area contributed by atoms with Crippen LogP contribution in [0.4, 0.5) is 4.79 Å². The van der Waals surface area contributed by atoms with Gasteiger partial charge in [0.1, 0.15) is 0 Å². The zero-order valence-corrected chi connectivity index (χ0v) is 15.9. The summed E-state index contributed by atoms with van der Waals surface area (Å²) in [5.74, 6) is 0.456. The lowest BCUT2D eigenvalue weighted by Gasteiger charge is -2.53. The molecule has 1 unspecified atom stereocenters. The molecule has 2 amide bonds. The number of urea groups is 1. The number of nitrogens with zero attached hydrogens (tertiary/aromatic N) is 2. The molecule has 1 N–H and O–H groups in total. The van der Waals surface area contributed by atoms with E-state index in [0.717, 1.165) is 71.6 Å². The molecule has 26 heavy (non-hydrogen) atoms. The largest absolute Gasteiger partial charge is 0.372 e. The molecule has 5 heteroatoms. The van der Waals surface area contributed by atoms with E-state index in [-0.39, 0.29) is 11.6 Å². The van der Waals surface area contributed by atoms with Crippen molar-refractivity contribution in [3.05, 3.63) is 35.4 Å². The van der Waals surface area contributed by atoms with Gasteiger partial charge in [0.2, 0.25) is 0 Å². The minimum absolute atomic E-state index is 0.0676. The number of amides is 2. The summed E-state index contributed by atoms with van der Waals surface area (Å²) in [5, 5.41) is 3.10. The molecule has 0 bridgehead atoms. The average molecular weight is 357 g/mol. The number of benzene rings is 1. The van der Waals surface area contributed by atoms with Crippen LogP contribution in [0.15, 0.2) is 24.3 Å². The lowest BCUT2D eigenvalue weighted by molar-refractivity contribution is -0.181. The Balaban J connectivity index is 1.17. The first kappa shape index (κ1) is 17.8. The number of rotatable bonds is 4. The van der Waals surface area contributed by atoms with Crippen LogP contribution in [0, 0.1) is 12.8 Å². The van der Waals surface area contributed by atoms with Gasteiger partial charge in [0.15, 0.2) is 0 Å². The molecule has 3 aliphatic rings. The SMILES string of the molecule is Cc1ccccc1CN1CC2(CCC(CNC(=O)N3CCCC3)CO2)C1. The summed E-state index contributed by atoms with van der Waals surface area (Å²) in [5.41, 5.74) is 2.85. The summed E-state index contributed by atoms with van der Waals surface area (Å²) in [4.78, 5) is 16.5. The smallest absolute Gasteiger partial charge is 0.317 e. The third-order valence-electron chi connectivity index (χ3n) is 6.25. The molecule has 1 aromatic carbocycles. The van der Waals surface area contributed by atoms with Gasteiger partial charge in [-0.15, -0.1) is 0 Å². The molecule has 142 valence electrons. The lowest BCUT2D eigenvalue weighted by atomic mass is 9.82. The Bertz CT molecular complexity index is 626. The van der Waals surface area contributed by atoms with Crippen molar-refractivity contribution in [2.75, 3.05) is 39.3 Å². The number of carbonyl (C=O) groups excluding carboxylic acids is 1. The molecular weight excluding hydrogens is 326 g/mol. The van der Waals surface area contributed by atoms with Gasteiger partial charge in [-0.25, -0.2) is 4.79 Å². The van der Waals surface area contributed by atoms with Gasteiger partial charge in [0, 0.05) is 39.3 Å². The fraction of sp³-hybridized carbons (Fsp3) is 0.667. The zero-order valence-electron chi connectivity index (χ0n) is 15.9. The minimum atomic E-state index is 0.0676. The van der Waals surface area contributed by atoms with Crippen LogP contribution in [-0.2, 0) is 11.3 Å². The van der Waals surface area contributed by atoms with E-state index in [4.69, 9.17) is 4.74 Å². The van der Waals surface area contributed by atoms with E-state index in [9.17, 15) is 4.79 Å². The lowest BCUT2D eigenvalue weighted by Crippen LogP contribution is -2.64. The first-order chi connectivity index (χ1) is 12.6. The van der Waals surface area contributed by atoms with Crippen molar-refractivity contribution in [1.82, 2.24) is 15.1 Å². The molecule has 3 aliphatic heterocycles. The van der Waals surface area contributed by atoms with Crippen molar-refractivity contribution in [2.45, 2.75) is 44.8 Å². The van der Waals surface area contributed by atoms with Crippen LogP contribution in [0.25, 0.3) is 0 Å². The van der Waals surface area contributed by atoms with Crippen molar-refractivity contribution in [1.29, 1.82) is 0 Å². The van der Waals surface area contributed by atoms with Crippen LogP contribution in [0.2, 0.25) is 0 Å². The molecule has 3 heterocycles. The van der Waals surface area contributed by atoms with Gasteiger partial charge in [0.05, 0.1) is 12.2 Å². The van der Waals surface area contributed by atoms with Crippen molar-refractivity contribution >= 4 is 6.03 Å². The normalized spacial score (nSPS) is 25.3. The number of aryl methyl sites for hydroxylation is 1. The van der Waals surface area contributed by atoms with E-state index < -0.39 is 0 Å². The predicted molar refractivity (Wildman–Crippen MR) is 102 cm³/mol. The van der Waals surface area contributed by atoms with Crippen LogP contribution in [0.3, 0.4) is 0 Å². The summed E-state index contributed by atoms with van der Waals surface area (Å²) >= 11 is 0. The van der Waals surface area contributed by atoms with Crippen molar-refractivity contribution in [2.24, 2.45) is 5.92 Å². The van der Waals surface area contributed by atoms with Gasteiger partial charge < -0.3 is 15.0 Å². The Hall–Kier alpha value is -1.59. The van der Waals surface area contributed by atoms with Crippen LogP contribution >= 0.6 is 0 Å². The number of hydrogen-bond donors (Lipinski definition) is 1. The molecule has 0 aliphatic carbocycles. The molecule has 1 atom stereocenters. The Morgan fingerprint density at radius 1 is 1.27 bits per heavy atom. The third-order valence-corrected chi connectivity index (χ3v) is 6.25. The summed E-state index contributed by atoms with van der Waals surface area (Å²) in [6.07, 6.45) is 4.54. The van der Waals surface area contributed by atoms with Gasteiger partial charge in [0.25, 0.3) is 0 Å². The number of likely N-dealkylation sites (tertiary alicyclic amines) is 2. The maximum absolute atomic E-state index is 12.1. The van der Waals surface area contributed by atoms with E-state index >= 15 is 0 Å². The monoisotopic (exact) mass is 357 g/mol. The Morgan fingerprint density at radius 3 is 2.73 bits per heavy atom. The standard InChI is InChI=1S/C21H31N3O2/c1-17-6-2-3-7-19(17)13-23-15-21(16-23)9-8-18(14-26-21)12-22-20(25)24-10-4-5-11-24/h2-3,6-7,18H,4-5,8-16H2,1H3,(H,22,25). The maximum Gasteiger partial charge on any atom is 0.317 e. The maximum atomic E-state index is 12.1. The van der Waals surface area contributed by atoms with Crippen LogP contribution in [0.1, 0.15) is 36.8 Å². The molecule has 4 rings (SSSR count). The van der Waals surface area contributed by atoms with Gasteiger partial charge in [-0.3, -0.25) is 4.90 Å². The van der Waals surface area contributed by atoms with Gasteiger partial charge >= 0.3 is 6.03 Å². The van der Waals surface area contributed by atoms with E-state index in [0.29, 0.717) is 5.92 Å². The summed E-state index contributed by atoms with van der Waals surface area (Å²) in [6.45, 7) is 8.62. The highest BCUT2D eigenvalue weighted by molar-refractivity contribution is 5.74. The van der Waals surface area contributed by atoms with Gasteiger partial charge in [-0.1, -0.05) is 24.3 Å². The van der Waals surface area contributed by atoms with Crippen molar-refractivity contribution < 1.29 is 9.53 Å². The minimum Gasteiger partial charge on any atom is -0.372 e. The highest BCUT2D eigenvalue weighted by Crippen LogP contribution is 2.36. The topological polar surface area (TPSA) is 44.8 Å². The molecular formula is C21H31N3O2. The quantitative estimate of drug-likeness (QED) is 0.901. The average Bonchev–Trinajstić information content (AvgIpc) is 3.16. The molecule has 3 saturated heterocycles. The highest BCUT2D eigenvalue weighted by Gasteiger charge is 2.46. The summed E-state index contributed by atoms with van der Waals surface area (Å²) in [7, 11) is 0. The predicted octanol–water partition coefficient (Wildman–Crippen LogP) is 2.78. The molecule has 5 nitrogen and oxygen atoms in total. The molecule has 1 aromatic rings. The first-order valence-corrected chi connectivity index (χ1v) is 10.1. The Morgan fingerprint density at radius 2 is 2.04 bits per heavy atom. The van der Waals surface area contributed by atoms with Crippen LogP contribution in [0.5, 0.6) is 0 Å². The van der Waals surface area contributed by atoms with Crippen LogP contribution in [-0.4, -0.2) is 60.8 Å². The number of ether oxygens (including phenoxy) is 1. The second-order valence-corrected chi connectivity index (χ2v) is 8.35. The number of hydrogen-bond acceptors (Lipinski definition) is 3. The van der Waals surface area contributed by atoms with E-state index in [2.05, 4.69) is 41.4 Å². The number of nitrogens with one attached hydrogen (secondary N) is 1. The van der Waals surface area contributed by atoms with Gasteiger partial charge in [-0.05, 0) is 49.7 Å². The molecule has 0 aromatic heterocycles. The van der Waals surface area contributed by atoms with E-state index in [1.165, 1.54) is 11.1 Å². The molecule has 3 fully saturated rings. The molecule has 0 saturated carbocycles. The zero-order chi connectivity index (χ0) is 18.0. The fourth-order valence-electron chi connectivity index (χ4n) is 4.50. The summed E-state index contributed by atoms with van der Waals surface area (Å²) in [6, 6.07) is 8.74. The van der Waals surface area contributed by atoms with E-state index in [1.54, 1.807) is 0 Å². The second-order valence-electron chi connectivity index (χ2n) is 8.35. The van der Waals surface area contributed by atoms with Crippen molar-refractivity contribution in [3.8, 4) is 0 Å². The Labute approximate surface area is 156 Å². The first-order valence-electron chi connectivity index (χ1n) is 10.1. The summed E-state index contributed by atoms with van der Waals surface area (Å²) < 4.78 is 6.26. The number of carbonyl (C=O) groups is 1. The molecule has 1 spiro atoms. The second kappa shape index (κ2) is 7.57. The van der Waals surface area contributed by atoms with E-state index in [1.807, 2.05) is 4.90 Å². The fourth-order valence-corrected chi connectivity index (χ4v) is 4.50. The van der Waals surface area contributed by atoms with Crippen molar-refractivity contribution in [3.63, 3.8) is 0 Å². The highest BCUT2D eigenvalue weighted by atomic mass is 16.5. The Kier molecular flexibility index (Phi) is 5.18.